The number of carbonyl (C=O) groups excluding carboxylic acids is 1. The molecule has 1 amide bonds. The summed E-state index contributed by atoms with van der Waals surface area (Å²) in [6, 6.07) is 25.8. The van der Waals surface area contributed by atoms with Gasteiger partial charge in [-0.1, -0.05) is 48.5 Å². The molecule has 43 heavy (non-hydrogen) atoms. The zero-order valence-electron chi connectivity index (χ0n) is 23.9. The van der Waals surface area contributed by atoms with Gasteiger partial charge in [-0.25, -0.2) is 14.3 Å². The minimum atomic E-state index is -0.871. The first-order valence-corrected chi connectivity index (χ1v) is 13.7. The second-order valence-corrected chi connectivity index (χ2v) is 10.5. The number of amides is 1. The normalized spacial score (nSPS) is 11.3. The van der Waals surface area contributed by atoms with Gasteiger partial charge in [-0.2, -0.15) is 9.67 Å². The number of hydrogen-bond acceptors (Lipinski definition) is 6. The fourth-order valence-electron chi connectivity index (χ4n) is 5.16. The number of H-pyrrole nitrogens is 1. The van der Waals surface area contributed by atoms with Crippen LogP contribution in [0.15, 0.2) is 107 Å². The van der Waals surface area contributed by atoms with Gasteiger partial charge in [0, 0.05) is 24.6 Å². The van der Waals surface area contributed by atoms with E-state index < -0.39 is 17.3 Å². The Morgan fingerprint density at radius 2 is 1.63 bits per heavy atom. The molecule has 0 atom stereocenters. The van der Waals surface area contributed by atoms with Crippen LogP contribution in [-0.2, 0) is 6.54 Å². The topological polar surface area (TPSA) is 118 Å². The first-order chi connectivity index (χ1) is 20.8. The molecule has 0 unspecified atom stereocenters. The van der Waals surface area contributed by atoms with E-state index in [1.54, 1.807) is 31.5 Å². The molecule has 0 radical (unpaired) electrons. The molecule has 2 N–H and O–H groups in total. The van der Waals surface area contributed by atoms with Crippen molar-refractivity contribution >= 4 is 22.8 Å². The molecule has 0 saturated carbocycles. The van der Waals surface area contributed by atoms with E-state index in [0.717, 1.165) is 28.8 Å². The lowest BCUT2D eigenvalue weighted by Gasteiger charge is -2.15. The van der Waals surface area contributed by atoms with Gasteiger partial charge < -0.3 is 15.2 Å². The Morgan fingerprint density at radius 1 is 0.884 bits per heavy atom. The average molecular weight is 572 g/mol. The number of fused-ring (bicyclic) bond motifs is 1. The maximum Gasteiger partial charge on any atom is 0.337 e. The van der Waals surface area contributed by atoms with Gasteiger partial charge in [-0.05, 0) is 85.2 Å². The van der Waals surface area contributed by atoms with E-state index in [2.05, 4.69) is 37.4 Å². The second kappa shape index (κ2) is 11.3. The summed E-state index contributed by atoms with van der Waals surface area (Å²) >= 11 is 0. The lowest BCUT2D eigenvalue weighted by Crippen LogP contribution is -2.42. The molecule has 0 bridgehead atoms. The number of benzene rings is 3. The minimum absolute atomic E-state index is 0.0898. The molecule has 214 valence electrons. The molecule has 3 aromatic carbocycles. The predicted molar refractivity (Wildman–Crippen MR) is 168 cm³/mol. The largest absolute Gasteiger partial charge is 0.337 e. The van der Waals surface area contributed by atoms with Crippen LogP contribution in [-0.4, -0.2) is 49.3 Å². The van der Waals surface area contributed by atoms with Crippen LogP contribution >= 0.6 is 0 Å². The van der Waals surface area contributed by atoms with E-state index in [1.807, 2.05) is 74.8 Å². The summed E-state index contributed by atoms with van der Waals surface area (Å²) in [4.78, 5) is 48.9. The van der Waals surface area contributed by atoms with E-state index >= 15 is 0 Å². The van der Waals surface area contributed by atoms with Gasteiger partial charge in [0.25, 0.3) is 5.56 Å². The van der Waals surface area contributed by atoms with Gasteiger partial charge >= 0.3 is 11.7 Å². The van der Waals surface area contributed by atoms with Crippen LogP contribution in [0, 0.1) is 6.92 Å². The fourth-order valence-corrected chi connectivity index (χ4v) is 5.16. The smallest absolute Gasteiger partial charge is 0.307 e. The number of carbonyl (C=O) groups is 1. The van der Waals surface area contributed by atoms with Crippen molar-refractivity contribution < 1.29 is 4.79 Å². The Labute approximate surface area is 246 Å². The number of nitrogens with one attached hydrogen (secondary N) is 2. The third-order valence-electron chi connectivity index (χ3n) is 7.16. The van der Waals surface area contributed by atoms with Crippen molar-refractivity contribution in [2.24, 2.45) is 0 Å². The van der Waals surface area contributed by atoms with Gasteiger partial charge in [-0.3, -0.25) is 9.78 Å². The summed E-state index contributed by atoms with van der Waals surface area (Å²) in [7, 11) is 4.04. The number of anilines is 1. The zero-order valence-corrected chi connectivity index (χ0v) is 23.9. The molecule has 0 saturated heterocycles. The number of pyridine rings is 1. The molecule has 6 aromatic rings. The lowest BCUT2D eigenvalue weighted by molar-refractivity contribution is 0.252. The molecule has 0 aliphatic heterocycles. The molecule has 6 rings (SSSR count). The summed E-state index contributed by atoms with van der Waals surface area (Å²) in [6.07, 6.45) is 3.41. The standard InChI is InChI=1S/C33H29N7O3/c1-21-29-30(40(37-21)27-9-6-8-24(19-27)22-15-17-34-18-16-22)31(41)39(33(43)36-29)32(42)35-26-13-11-23(12-14-26)28-10-5-4-7-25(28)20-38(2)3/h4-19H,20H2,1-3H3,(H,35,42)(H,36,43). The van der Waals surface area contributed by atoms with Crippen molar-refractivity contribution in [3.8, 4) is 27.9 Å². The molecule has 0 aliphatic carbocycles. The molecule has 0 aliphatic rings. The zero-order chi connectivity index (χ0) is 30.1. The van der Waals surface area contributed by atoms with Crippen molar-refractivity contribution in [3.05, 3.63) is 129 Å². The van der Waals surface area contributed by atoms with Crippen LogP contribution in [0.25, 0.3) is 39.0 Å². The minimum Gasteiger partial charge on any atom is -0.307 e. The van der Waals surface area contributed by atoms with Crippen molar-refractivity contribution in [2.75, 3.05) is 19.4 Å². The van der Waals surface area contributed by atoms with Crippen molar-refractivity contribution in [1.29, 1.82) is 0 Å². The molecule has 0 spiro atoms. The highest BCUT2D eigenvalue weighted by atomic mass is 16.2. The number of aromatic amines is 1. The molecule has 10 nitrogen and oxygen atoms in total. The van der Waals surface area contributed by atoms with Gasteiger partial charge in [0.2, 0.25) is 0 Å². The van der Waals surface area contributed by atoms with Gasteiger partial charge in [0.1, 0.15) is 0 Å². The van der Waals surface area contributed by atoms with Crippen molar-refractivity contribution in [2.45, 2.75) is 13.5 Å². The first kappa shape index (κ1) is 27.6. The third-order valence-corrected chi connectivity index (χ3v) is 7.16. The Bertz CT molecular complexity index is 2080. The Kier molecular flexibility index (Phi) is 7.27. The summed E-state index contributed by atoms with van der Waals surface area (Å²) < 4.78 is 2.02. The van der Waals surface area contributed by atoms with Gasteiger partial charge in [-0.15, -0.1) is 0 Å². The number of aromatic nitrogens is 5. The molecule has 3 aromatic heterocycles. The van der Waals surface area contributed by atoms with E-state index in [9.17, 15) is 14.4 Å². The van der Waals surface area contributed by atoms with Gasteiger partial charge in [0.05, 0.1) is 16.9 Å². The van der Waals surface area contributed by atoms with Crippen LogP contribution in [0.5, 0.6) is 0 Å². The molecule has 3 heterocycles. The second-order valence-electron chi connectivity index (χ2n) is 10.5. The maximum atomic E-state index is 13.7. The number of nitrogens with zero attached hydrogens (tertiary/aromatic N) is 5. The molecular weight excluding hydrogens is 542 g/mol. The molecule has 10 heteroatoms. The van der Waals surface area contributed by atoms with E-state index in [0.29, 0.717) is 21.6 Å². The summed E-state index contributed by atoms with van der Waals surface area (Å²) in [5, 5.41) is 7.22. The quantitative estimate of drug-likeness (QED) is 0.289. The molecule has 0 fully saturated rings. The summed E-state index contributed by atoms with van der Waals surface area (Å²) in [6.45, 7) is 2.48. The Balaban J connectivity index is 1.34. The van der Waals surface area contributed by atoms with Crippen LogP contribution in [0.2, 0.25) is 0 Å². The predicted octanol–water partition coefficient (Wildman–Crippen LogP) is 5.05. The fraction of sp³-hybridized carbons (Fsp3) is 0.121. The Hall–Kier alpha value is -5.61. The highest BCUT2D eigenvalue weighted by Gasteiger charge is 2.21. The Morgan fingerprint density at radius 3 is 2.37 bits per heavy atom. The summed E-state index contributed by atoms with van der Waals surface area (Å²) in [5.74, 6) is 0. The maximum absolute atomic E-state index is 13.7. The highest BCUT2D eigenvalue weighted by Crippen LogP contribution is 2.26. The summed E-state index contributed by atoms with van der Waals surface area (Å²) in [5.41, 5.74) is 5.33. The van der Waals surface area contributed by atoms with Crippen LogP contribution < -0.4 is 16.6 Å². The number of hydrogen-bond donors (Lipinski definition) is 2. The van der Waals surface area contributed by atoms with E-state index in [1.165, 1.54) is 10.2 Å². The van der Waals surface area contributed by atoms with Gasteiger partial charge in [0.15, 0.2) is 5.52 Å². The highest BCUT2D eigenvalue weighted by molar-refractivity contribution is 5.92. The van der Waals surface area contributed by atoms with E-state index in [-0.39, 0.29) is 11.0 Å². The van der Waals surface area contributed by atoms with E-state index in [4.69, 9.17) is 0 Å². The van der Waals surface area contributed by atoms with Crippen molar-refractivity contribution in [1.82, 2.24) is 29.2 Å². The SMILES string of the molecule is Cc1nn(-c2cccc(-c3ccncc3)c2)c2c(=O)n(C(=O)Nc3ccc(-c4ccccc4CN(C)C)cc3)c(=O)[nH]c12. The van der Waals surface area contributed by atoms with Crippen molar-refractivity contribution in [3.63, 3.8) is 0 Å². The van der Waals surface area contributed by atoms with Crippen LogP contribution in [0.4, 0.5) is 10.5 Å². The number of aryl methyl sites for hydroxylation is 1. The number of rotatable bonds is 6. The lowest BCUT2D eigenvalue weighted by atomic mass is 9.99. The first-order valence-electron chi connectivity index (χ1n) is 13.7. The average Bonchev–Trinajstić information content (AvgIpc) is 3.34. The van der Waals surface area contributed by atoms with Crippen LogP contribution in [0.3, 0.4) is 0 Å². The van der Waals surface area contributed by atoms with Crippen LogP contribution in [0.1, 0.15) is 11.3 Å². The molecular formula is C33H29N7O3. The third kappa shape index (κ3) is 5.39. The monoisotopic (exact) mass is 571 g/mol.